The van der Waals surface area contributed by atoms with Crippen LogP contribution < -0.4 is 10.6 Å². The predicted molar refractivity (Wildman–Crippen MR) is 88.6 cm³/mol. The molecule has 0 saturated carbocycles. The minimum absolute atomic E-state index is 0.101. The fourth-order valence-electron chi connectivity index (χ4n) is 3.36. The number of nitrogens with one attached hydrogen (secondary N) is 2. The number of nitrogens with zero attached hydrogens (tertiary/aromatic N) is 1. The van der Waals surface area contributed by atoms with Gasteiger partial charge in [0.25, 0.3) is 0 Å². The largest absolute Gasteiger partial charge is 0.352 e. The second-order valence-electron chi connectivity index (χ2n) is 6.51. The number of likely N-dealkylation sites (tertiary alicyclic amines) is 1. The summed E-state index contributed by atoms with van der Waals surface area (Å²) in [7, 11) is 0. The average molecular weight is 315 g/mol. The van der Waals surface area contributed by atoms with E-state index < -0.39 is 0 Å². The van der Waals surface area contributed by atoms with Crippen LogP contribution in [0.1, 0.15) is 43.2 Å². The summed E-state index contributed by atoms with van der Waals surface area (Å²) in [6.45, 7) is 3.10. The minimum atomic E-state index is 0.101. The van der Waals surface area contributed by atoms with Crippen molar-refractivity contribution in [1.29, 1.82) is 0 Å². The maximum absolute atomic E-state index is 12.0. The Morgan fingerprint density at radius 1 is 1.30 bits per heavy atom. The van der Waals surface area contributed by atoms with Gasteiger partial charge in [-0.25, -0.2) is 0 Å². The summed E-state index contributed by atoms with van der Waals surface area (Å²) in [5.41, 5.74) is 2.21. The van der Waals surface area contributed by atoms with Gasteiger partial charge in [-0.1, -0.05) is 24.3 Å². The zero-order chi connectivity index (χ0) is 16.1. The third kappa shape index (κ3) is 4.55. The summed E-state index contributed by atoms with van der Waals surface area (Å²) < 4.78 is 0. The molecule has 1 unspecified atom stereocenters. The van der Waals surface area contributed by atoms with Crippen molar-refractivity contribution in [2.75, 3.05) is 13.1 Å². The first-order chi connectivity index (χ1) is 11.2. The molecule has 2 aliphatic heterocycles. The second-order valence-corrected chi connectivity index (χ2v) is 6.51. The van der Waals surface area contributed by atoms with Gasteiger partial charge in [0, 0.05) is 38.5 Å². The molecule has 5 heteroatoms. The Morgan fingerprint density at radius 3 is 2.91 bits per heavy atom. The molecular formula is C18H25N3O2. The Kier molecular flexibility index (Phi) is 5.28. The Labute approximate surface area is 137 Å². The van der Waals surface area contributed by atoms with E-state index in [1.807, 2.05) is 23.1 Å². The molecule has 3 rings (SSSR count). The molecule has 1 aromatic rings. The lowest BCUT2D eigenvalue weighted by atomic mass is 10.1. The lowest BCUT2D eigenvalue weighted by molar-refractivity contribution is -0.128. The SMILES string of the molecule is O=C(CC1CCCN1)NCc1cccc(CN2CCCC2=O)c1. The fraction of sp³-hybridized carbons (Fsp3) is 0.556. The fourth-order valence-corrected chi connectivity index (χ4v) is 3.36. The van der Waals surface area contributed by atoms with Crippen molar-refractivity contribution in [3.63, 3.8) is 0 Å². The van der Waals surface area contributed by atoms with Gasteiger partial charge in [-0.05, 0) is 36.9 Å². The number of hydrogen-bond acceptors (Lipinski definition) is 3. The van der Waals surface area contributed by atoms with Crippen molar-refractivity contribution in [3.8, 4) is 0 Å². The van der Waals surface area contributed by atoms with Crippen LogP contribution in [-0.2, 0) is 22.7 Å². The molecule has 2 N–H and O–H groups in total. The molecule has 0 bridgehead atoms. The van der Waals surface area contributed by atoms with Crippen LogP contribution in [0, 0.1) is 0 Å². The molecule has 1 aromatic carbocycles. The van der Waals surface area contributed by atoms with Crippen LogP contribution in [0.3, 0.4) is 0 Å². The molecule has 23 heavy (non-hydrogen) atoms. The van der Waals surface area contributed by atoms with E-state index in [0.717, 1.165) is 43.5 Å². The van der Waals surface area contributed by atoms with Gasteiger partial charge >= 0.3 is 0 Å². The molecule has 2 amide bonds. The standard InChI is InChI=1S/C18H25N3O2/c22-17(11-16-6-2-8-19-16)20-12-14-4-1-5-15(10-14)13-21-9-3-7-18(21)23/h1,4-5,10,16,19H,2-3,6-9,11-13H2,(H,20,22). The predicted octanol–water partition coefficient (Wildman–Crippen LogP) is 1.57. The first-order valence-electron chi connectivity index (χ1n) is 8.56. The molecule has 0 aliphatic carbocycles. The zero-order valence-corrected chi connectivity index (χ0v) is 13.5. The van der Waals surface area contributed by atoms with Crippen molar-refractivity contribution < 1.29 is 9.59 Å². The van der Waals surface area contributed by atoms with Crippen LogP contribution in [0.15, 0.2) is 24.3 Å². The summed E-state index contributed by atoms with van der Waals surface area (Å²) in [5.74, 6) is 0.345. The summed E-state index contributed by atoms with van der Waals surface area (Å²) >= 11 is 0. The van der Waals surface area contributed by atoms with Crippen LogP contribution in [0.5, 0.6) is 0 Å². The van der Waals surface area contributed by atoms with E-state index in [4.69, 9.17) is 0 Å². The van der Waals surface area contributed by atoms with Gasteiger partial charge in [-0.3, -0.25) is 9.59 Å². The van der Waals surface area contributed by atoms with E-state index in [9.17, 15) is 9.59 Å². The first kappa shape index (κ1) is 16.0. The number of hydrogen-bond donors (Lipinski definition) is 2. The highest BCUT2D eigenvalue weighted by Crippen LogP contribution is 2.15. The van der Waals surface area contributed by atoms with E-state index in [0.29, 0.717) is 32.0 Å². The molecule has 2 saturated heterocycles. The van der Waals surface area contributed by atoms with Crippen LogP contribution >= 0.6 is 0 Å². The molecule has 0 spiro atoms. The van der Waals surface area contributed by atoms with Crippen molar-refractivity contribution in [2.24, 2.45) is 0 Å². The van der Waals surface area contributed by atoms with E-state index >= 15 is 0 Å². The number of carbonyl (C=O) groups excluding carboxylic acids is 2. The van der Waals surface area contributed by atoms with Crippen LogP contribution in [0.4, 0.5) is 0 Å². The number of benzene rings is 1. The maximum Gasteiger partial charge on any atom is 0.222 e. The van der Waals surface area contributed by atoms with Crippen LogP contribution in [0.25, 0.3) is 0 Å². The second kappa shape index (κ2) is 7.59. The molecule has 2 fully saturated rings. The van der Waals surface area contributed by atoms with E-state index in [2.05, 4.69) is 16.7 Å². The highest BCUT2D eigenvalue weighted by Gasteiger charge is 2.20. The Morgan fingerprint density at radius 2 is 2.17 bits per heavy atom. The molecule has 2 aliphatic rings. The van der Waals surface area contributed by atoms with Crippen molar-refractivity contribution in [2.45, 2.75) is 51.2 Å². The molecule has 0 radical (unpaired) electrons. The third-order valence-corrected chi connectivity index (χ3v) is 4.62. The molecule has 124 valence electrons. The topological polar surface area (TPSA) is 61.4 Å². The lowest BCUT2D eigenvalue weighted by Gasteiger charge is -2.16. The van der Waals surface area contributed by atoms with Gasteiger partial charge in [0.15, 0.2) is 0 Å². The van der Waals surface area contributed by atoms with Crippen molar-refractivity contribution >= 4 is 11.8 Å². The quantitative estimate of drug-likeness (QED) is 0.837. The highest BCUT2D eigenvalue weighted by atomic mass is 16.2. The maximum atomic E-state index is 12.0. The summed E-state index contributed by atoms with van der Waals surface area (Å²) in [4.78, 5) is 25.6. The zero-order valence-electron chi connectivity index (χ0n) is 13.5. The van der Waals surface area contributed by atoms with E-state index in [1.54, 1.807) is 0 Å². The first-order valence-corrected chi connectivity index (χ1v) is 8.56. The van der Waals surface area contributed by atoms with E-state index in [1.165, 1.54) is 0 Å². The number of carbonyl (C=O) groups is 2. The Hall–Kier alpha value is -1.88. The van der Waals surface area contributed by atoms with Gasteiger partial charge in [-0.15, -0.1) is 0 Å². The summed E-state index contributed by atoms with van der Waals surface area (Å²) in [6.07, 6.45) is 4.44. The van der Waals surface area contributed by atoms with E-state index in [-0.39, 0.29) is 11.8 Å². The molecule has 1 atom stereocenters. The number of amides is 2. The Balaban J connectivity index is 1.48. The Bertz CT molecular complexity index is 567. The summed E-state index contributed by atoms with van der Waals surface area (Å²) in [5, 5.41) is 6.34. The van der Waals surface area contributed by atoms with Gasteiger partial charge in [0.2, 0.25) is 11.8 Å². The molecule has 0 aromatic heterocycles. The number of rotatable bonds is 6. The van der Waals surface area contributed by atoms with Gasteiger partial charge in [0.1, 0.15) is 0 Å². The lowest BCUT2D eigenvalue weighted by Crippen LogP contribution is -2.31. The smallest absolute Gasteiger partial charge is 0.222 e. The molecule has 5 nitrogen and oxygen atoms in total. The molecule has 2 heterocycles. The highest BCUT2D eigenvalue weighted by molar-refractivity contribution is 5.78. The van der Waals surface area contributed by atoms with Gasteiger partial charge in [-0.2, -0.15) is 0 Å². The van der Waals surface area contributed by atoms with Crippen LogP contribution in [-0.4, -0.2) is 35.8 Å². The molecular weight excluding hydrogens is 290 g/mol. The average Bonchev–Trinajstić information content (AvgIpc) is 3.18. The van der Waals surface area contributed by atoms with Gasteiger partial charge in [0.05, 0.1) is 0 Å². The summed E-state index contributed by atoms with van der Waals surface area (Å²) in [6, 6.07) is 8.47. The van der Waals surface area contributed by atoms with Crippen molar-refractivity contribution in [3.05, 3.63) is 35.4 Å². The monoisotopic (exact) mass is 315 g/mol. The normalized spacial score (nSPS) is 21.0. The third-order valence-electron chi connectivity index (χ3n) is 4.62. The van der Waals surface area contributed by atoms with Gasteiger partial charge < -0.3 is 15.5 Å². The van der Waals surface area contributed by atoms with Crippen molar-refractivity contribution in [1.82, 2.24) is 15.5 Å². The minimum Gasteiger partial charge on any atom is -0.352 e. The van der Waals surface area contributed by atoms with Crippen LogP contribution in [0.2, 0.25) is 0 Å².